The maximum absolute atomic E-state index is 5.55. The van der Waals surface area contributed by atoms with Gasteiger partial charge in [-0.25, -0.2) is 9.97 Å². The summed E-state index contributed by atoms with van der Waals surface area (Å²) in [5.41, 5.74) is 12.8. The molecule has 0 unspecified atom stereocenters. The molecule has 3 aliphatic heterocycles. The largest absolute Gasteiger partial charge is 0.657 e. The fourth-order valence-electron chi connectivity index (χ4n) is 7.38. The molecule has 1 radical (unpaired) electrons. The Labute approximate surface area is 335 Å². The fraction of sp³-hybridized carbons (Fsp3) is 0.0833. The average molecular weight is 778 g/mol. The molecule has 0 saturated carbocycles. The minimum absolute atomic E-state index is 0. The van der Waals surface area contributed by atoms with E-state index in [1.807, 2.05) is 48.5 Å². The van der Waals surface area contributed by atoms with Crippen molar-refractivity contribution in [2.24, 2.45) is 0 Å². The Morgan fingerprint density at radius 1 is 0.339 bits per heavy atom. The Morgan fingerprint density at radius 3 is 0.875 bits per heavy atom. The van der Waals surface area contributed by atoms with Gasteiger partial charge < -0.3 is 23.9 Å². The molecule has 56 heavy (non-hydrogen) atoms. The second-order valence-electron chi connectivity index (χ2n) is 13.2. The van der Waals surface area contributed by atoms with E-state index in [9.17, 15) is 0 Å². The molecular formula is C48H36CoN3O4-. The number of hydrogen-bond donors (Lipinski definition) is 0. The van der Waals surface area contributed by atoms with Gasteiger partial charge in [0.05, 0.1) is 51.2 Å². The zero-order chi connectivity index (χ0) is 37.5. The first-order chi connectivity index (χ1) is 27.0. The van der Waals surface area contributed by atoms with Gasteiger partial charge in [0.25, 0.3) is 0 Å². The molecule has 0 saturated heterocycles. The molecule has 9 rings (SSSR count). The summed E-state index contributed by atoms with van der Waals surface area (Å²) >= 11 is 0. The van der Waals surface area contributed by atoms with Crippen molar-refractivity contribution in [3.05, 3.63) is 155 Å². The number of ether oxygens (including phenoxy) is 4. The van der Waals surface area contributed by atoms with Crippen LogP contribution in [0.2, 0.25) is 0 Å². The van der Waals surface area contributed by atoms with Crippen LogP contribution in [0.15, 0.2) is 121 Å². The number of methoxy groups -OCH3 is 4. The van der Waals surface area contributed by atoms with Crippen LogP contribution >= 0.6 is 0 Å². The SMILES string of the molecule is COc1ccc(-c2c3nc(c(-c4ccc(OC)cc4)c4ccc([n-]4)c(-c4ccc(OC)cc4)c4nc(c(-c5ccc(OC)cc5)c5ccc2=5)C=C4)C=C3)cc1.[Co]. The smallest absolute Gasteiger partial charge is 0.118 e. The van der Waals surface area contributed by atoms with Crippen molar-refractivity contribution in [2.75, 3.05) is 28.4 Å². The normalized spacial score (nSPS) is 11.6. The van der Waals surface area contributed by atoms with Gasteiger partial charge in [-0.3, -0.25) is 0 Å². The van der Waals surface area contributed by atoms with Crippen molar-refractivity contribution in [3.63, 3.8) is 0 Å². The van der Waals surface area contributed by atoms with Crippen LogP contribution in [0.25, 0.3) is 79.8 Å². The molecule has 1 aromatic heterocycles. The van der Waals surface area contributed by atoms with Gasteiger partial charge in [-0.15, -0.1) is 11.0 Å². The number of nitrogens with zero attached hydrogens (tertiary/aromatic N) is 3. The molecule has 6 bridgehead atoms. The van der Waals surface area contributed by atoms with Gasteiger partial charge in [-0.2, -0.15) is 0 Å². The molecule has 0 spiro atoms. The van der Waals surface area contributed by atoms with Crippen molar-refractivity contribution < 1.29 is 35.7 Å². The van der Waals surface area contributed by atoms with Gasteiger partial charge in [-0.05, 0) is 117 Å². The summed E-state index contributed by atoms with van der Waals surface area (Å²) in [5.74, 6) is 3.12. The van der Waals surface area contributed by atoms with E-state index in [4.69, 9.17) is 33.9 Å². The van der Waals surface area contributed by atoms with E-state index >= 15 is 0 Å². The van der Waals surface area contributed by atoms with Crippen LogP contribution in [-0.4, -0.2) is 38.4 Å². The third kappa shape index (κ3) is 6.49. The molecule has 7 nitrogen and oxygen atoms in total. The number of fused-ring (bicyclic) bond motifs is 6. The summed E-state index contributed by atoms with van der Waals surface area (Å²) in [6.45, 7) is 0. The topological polar surface area (TPSA) is 76.8 Å². The molecular weight excluding hydrogens is 741 g/mol. The standard InChI is InChI=1S/C48H36N3O4.Co/c1-52-33-13-5-29(6-14-33)45-37-21-22-38(37)46(30-7-15-34(53-2)16-8-30)40-24-26-42(50-40)48(32-11-19-36(55-4)20-12-32)44-28-27-43(51-44)47(41-25-23-39(45)49-41)31-9-17-35(54-3)18-10-31;/h5-28H,1-4H3;/q-1;. The minimum atomic E-state index is 0. The maximum atomic E-state index is 5.55. The number of hydrogen-bond acceptors (Lipinski definition) is 6. The van der Waals surface area contributed by atoms with Crippen molar-refractivity contribution in [1.29, 1.82) is 0 Å². The summed E-state index contributed by atoms with van der Waals surface area (Å²) in [6, 6.07) is 40.9. The monoisotopic (exact) mass is 777 g/mol. The Balaban J connectivity index is 0.00000441. The first-order valence-corrected chi connectivity index (χ1v) is 18.0. The average Bonchev–Trinajstić information content (AvgIpc) is 4.02. The van der Waals surface area contributed by atoms with Crippen LogP contribution in [0.1, 0.15) is 22.8 Å². The molecule has 1 aliphatic carbocycles. The Hall–Kier alpha value is -6.61. The Morgan fingerprint density at radius 2 is 0.607 bits per heavy atom. The van der Waals surface area contributed by atoms with Gasteiger partial charge in [0.1, 0.15) is 23.0 Å². The minimum Gasteiger partial charge on any atom is -0.657 e. The van der Waals surface area contributed by atoms with Crippen LogP contribution in [0.4, 0.5) is 0 Å². The second-order valence-corrected chi connectivity index (χ2v) is 13.2. The first-order valence-electron chi connectivity index (χ1n) is 18.0. The van der Waals surface area contributed by atoms with Crippen LogP contribution in [0.5, 0.6) is 23.0 Å². The van der Waals surface area contributed by atoms with Gasteiger partial charge in [0.15, 0.2) is 0 Å². The van der Waals surface area contributed by atoms with E-state index in [0.29, 0.717) is 0 Å². The van der Waals surface area contributed by atoms with Gasteiger partial charge in [0.2, 0.25) is 0 Å². The summed E-state index contributed by atoms with van der Waals surface area (Å²) < 4.78 is 22.1. The summed E-state index contributed by atoms with van der Waals surface area (Å²) in [6.07, 6.45) is 8.39. The van der Waals surface area contributed by atoms with Gasteiger partial charge in [-0.1, -0.05) is 72.8 Å². The van der Waals surface area contributed by atoms with Crippen LogP contribution in [0, 0.1) is 10.4 Å². The van der Waals surface area contributed by atoms with E-state index in [1.165, 1.54) is 0 Å². The van der Waals surface area contributed by atoms with Crippen molar-refractivity contribution in [2.45, 2.75) is 0 Å². The Kier molecular flexibility index (Phi) is 9.91. The van der Waals surface area contributed by atoms with Crippen LogP contribution in [-0.2, 0) is 16.8 Å². The summed E-state index contributed by atoms with van der Waals surface area (Å²) in [4.78, 5) is 16.1. The van der Waals surface area contributed by atoms with Crippen molar-refractivity contribution in [3.8, 4) is 67.5 Å². The number of rotatable bonds is 8. The molecule has 4 heterocycles. The molecule has 5 aromatic rings. The third-order valence-electron chi connectivity index (χ3n) is 10.2. The molecule has 0 N–H and O–H groups in total. The van der Waals surface area contributed by atoms with E-state index in [2.05, 4.69) is 97.1 Å². The molecule has 4 aromatic carbocycles. The fourth-order valence-corrected chi connectivity index (χ4v) is 7.38. The van der Waals surface area contributed by atoms with E-state index in [1.54, 1.807) is 28.4 Å². The van der Waals surface area contributed by atoms with E-state index < -0.39 is 0 Å². The predicted octanol–water partition coefficient (Wildman–Crippen LogP) is 10.7. The van der Waals surface area contributed by atoms with E-state index in [0.717, 1.165) is 112 Å². The van der Waals surface area contributed by atoms with Crippen LogP contribution < -0.4 is 23.9 Å². The first kappa shape index (κ1) is 36.4. The van der Waals surface area contributed by atoms with Gasteiger partial charge >= 0.3 is 0 Å². The maximum Gasteiger partial charge on any atom is 0.118 e. The molecule has 0 amide bonds. The molecule has 277 valence electrons. The molecule has 8 heteroatoms. The van der Waals surface area contributed by atoms with Gasteiger partial charge in [0, 0.05) is 27.9 Å². The third-order valence-corrected chi connectivity index (χ3v) is 10.2. The second kappa shape index (κ2) is 15.3. The van der Waals surface area contributed by atoms with Crippen molar-refractivity contribution in [1.82, 2.24) is 15.0 Å². The predicted molar refractivity (Wildman–Crippen MR) is 220 cm³/mol. The molecule has 0 atom stereocenters. The van der Waals surface area contributed by atoms with Crippen LogP contribution in [0.3, 0.4) is 0 Å². The zero-order valence-corrected chi connectivity index (χ0v) is 32.2. The molecule has 0 fully saturated rings. The number of aromatic nitrogens is 3. The Bertz CT molecular complexity index is 2630. The number of benzene rings is 4. The summed E-state index contributed by atoms with van der Waals surface area (Å²) in [5, 5.41) is 2.14. The zero-order valence-electron chi connectivity index (χ0n) is 31.2. The van der Waals surface area contributed by atoms with E-state index in [-0.39, 0.29) is 16.8 Å². The summed E-state index contributed by atoms with van der Waals surface area (Å²) in [7, 11) is 6.71. The molecule has 4 aliphatic rings. The van der Waals surface area contributed by atoms with Crippen molar-refractivity contribution >= 4 is 35.3 Å². The quantitative estimate of drug-likeness (QED) is 0.152.